The lowest BCUT2D eigenvalue weighted by Crippen LogP contribution is -2.32. The number of hydrogen-bond acceptors (Lipinski definition) is 3. The smallest absolute Gasteiger partial charge is 0.255 e. The SMILES string of the molecule is CSc1ccccc1C(=O)N1CC[C@@H](N)C1. The fraction of sp³-hybridized carbons (Fsp3) is 0.417. The molecule has 3 nitrogen and oxygen atoms in total. The minimum Gasteiger partial charge on any atom is -0.337 e. The number of nitrogens with zero attached hydrogens (tertiary/aromatic N) is 1. The van der Waals surface area contributed by atoms with Gasteiger partial charge in [0.25, 0.3) is 5.91 Å². The Labute approximate surface area is 100.0 Å². The first kappa shape index (κ1) is 11.5. The number of thioether (sulfide) groups is 1. The number of nitrogens with two attached hydrogens (primary N) is 1. The van der Waals surface area contributed by atoms with Crippen LogP contribution >= 0.6 is 11.8 Å². The molecule has 86 valence electrons. The van der Waals surface area contributed by atoms with Gasteiger partial charge < -0.3 is 10.6 Å². The highest BCUT2D eigenvalue weighted by atomic mass is 32.2. The quantitative estimate of drug-likeness (QED) is 0.793. The van der Waals surface area contributed by atoms with Crippen molar-refractivity contribution in [3.8, 4) is 0 Å². The molecule has 0 radical (unpaired) electrons. The minimum atomic E-state index is 0.109. The number of rotatable bonds is 2. The minimum absolute atomic E-state index is 0.109. The summed E-state index contributed by atoms with van der Waals surface area (Å²) < 4.78 is 0. The van der Waals surface area contributed by atoms with Crippen molar-refractivity contribution in [3.63, 3.8) is 0 Å². The highest BCUT2D eigenvalue weighted by molar-refractivity contribution is 7.98. The molecule has 16 heavy (non-hydrogen) atoms. The van der Waals surface area contributed by atoms with Gasteiger partial charge in [-0.2, -0.15) is 0 Å². The van der Waals surface area contributed by atoms with Crippen LogP contribution in [0.15, 0.2) is 29.2 Å². The normalized spacial score (nSPS) is 20.1. The van der Waals surface area contributed by atoms with E-state index < -0.39 is 0 Å². The molecule has 1 aliphatic heterocycles. The molecule has 1 aliphatic rings. The lowest BCUT2D eigenvalue weighted by atomic mass is 10.2. The van der Waals surface area contributed by atoms with Gasteiger partial charge in [0.1, 0.15) is 0 Å². The van der Waals surface area contributed by atoms with E-state index in [1.54, 1.807) is 11.8 Å². The Balaban J connectivity index is 2.20. The Kier molecular flexibility index (Phi) is 3.51. The first-order valence-electron chi connectivity index (χ1n) is 5.40. The number of likely N-dealkylation sites (tertiary alicyclic amines) is 1. The summed E-state index contributed by atoms with van der Waals surface area (Å²) in [6.07, 6.45) is 2.90. The Morgan fingerprint density at radius 2 is 2.25 bits per heavy atom. The zero-order valence-corrected chi connectivity index (χ0v) is 10.2. The van der Waals surface area contributed by atoms with Gasteiger partial charge in [0.15, 0.2) is 0 Å². The maximum absolute atomic E-state index is 12.2. The van der Waals surface area contributed by atoms with Crippen LogP contribution in [-0.4, -0.2) is 36.2 Å². The first-order valence-corrected chi connectivity index (χ1v) is 6.62. The molecule has 0 aromatic heterocycles. The molecule has 0 aliphatic carbocycles. The van der Waals surface area contributed by atoms with Gasteiger partial charge in [0, 0.05) is 24.0 Å². The fourth-order valence-electron chi connectivity index (χ4n) is 1.96. The first-order chi connectivity index (χ1) is 7.72. The maximum Gasteiger partial charge on any atom is 0.255 e. The van der Waals surface area contributed by atoms with Crippen molar-refractivity contribution in [3.05, 3.63) is 29.8 Å². The van der Waals surface area contributed by atoms with E-state index in [2.05, 4.69) is 0 Å². The summed E-state index contributed by atoms with van der Waals surface area (Å²) in [5.41, 5.74) is 6.61. The Morgan fingerprint density at radius 1 is 1.50 bits per heavy atom. The van der Waals surface area contributed by atoms with E-state index in [0.717, 1.165) is 23.4 Å². The van der Waals surface area contributed by atoms with E-state index in [1.165, 1.54) is 0 Å². The summed E-state index contributed by atoms with van der Waals surface area (Å²) in [6, 6.07) is 7.87. The van der Waals surface area contributed by atoms with Gasteiger partial charge in [0.05, 0.1) is 5.56 Å². The topological polar surface area (TPSA) is 46.3 Å². The van der Waals surface area contributed by atoms with Crippen LogP contribution in [0.3, 0.4) is 0 Å². The molecule has 1 aromatic rings. The van der Waals surface area contributed by atoms with Gasteiger partial charge in [-0.05, 0) is 24.8 Å². The monoisotopic (exact) mass is 236 g/mol. The summed E-state index contributed by atoms with van der Waals surface area (Å²) in [6.45, 7) is 1.46. The standard InChI is InChI=1S/C12H16N2OS/c1-16-11-5-3-2-4-10(11)12(15)14-7-6-9(13)8-14/h2-5,9H,6-8,13H2,1H3/t9-/m1/s1. The molecule has 1 saturated heterocycles. The zero-order valence-electron chi connectivity index (χ0n) is 9.35. The summed E-state index contributed by atoms with van der Waals surface area (Å²) >= 11 is 1.60. The molecule has 2 N–H and O–H groups in total. The van der Waals surface area contributed by atoms with E-state index in [9.17, 15) is 4.79 Å². The van der Waals surface area contributed by atoms with Crippen LogP contribution in [-0.2, 0) is 0 Å². The second-order valence-corrected chi connectivity index (χ2v) is 4.85. The van der Waals surface area contributed by atoms with Gasteiger partial charge >= 0.3 is 0 Å². The summed E-state index contributed by atoms with van der Waals surface area (Å²) in [5, 5.41) is 0. The van der Waals surface area contributed by atoms with Crippen molar-refractivity contribution in [2.45, 2.75) is 17.4 Å². The van der Waals surface area contributed by atoms with Gasteiger partial charge in [-0.15, -0.1) is 11.8 Å². The van der Waals surface area contributed by atoms with Gasteiger partial charge in [-0.25, -0.2) is 0 Å². The van der Waals surface area contributed by atoms with Crippen molar-refractivity contribution in [1.29, 1.82) is 0 Å². The molecular weight excluding hydrogens is 220 g/mol. The fourth-order valence-corrected chi connectivity index (χ4v) is 2.55. The van der Waals surface area contributed by atoms with Crippen LogP contribution in [0.1, 0.15) is 16.8 Å². The lowest BCUT2D eigenvalue weighted by molar-refractivity contribution is 0.0787. The molecule has 1 atom stereocenters. The number of hydrogen-bond donors (Lipinski definition) is 1. The predicted octanol–water partition coefficient (Wildman–Crippen LogP) is 1.58. The Hall–Kier alpha value is -1.00. The van der Waals surface area contributed by atoms with Gasteiger partial charge in [-0.3, -0.25) is 4.79 Å². The van der Waals surface area contributed by atoms with Gasteiger partial charge in [0.2, 0.25) is 0 Å². The lowest BCUT2D eigenvalue weighted by Gasteiger charge is -2.17. The van der Waals surface area contributed by atoms with Gasteiger partial charge in [-0.1, -0.05) is 12.1 Å². The van der Waals surface area contributed by atoms with Crippen LogP contribution in [0.4, 0.5) is 0 Å². The molecule has 0 unspecified atom stereocenters. The molecule has 0 saturated carbocycles. The van der Waals surface area contributed by atoms with Crippen LogP contribution in [0.25, 0.3) is 0 Å². The van der Waals surface area contributed by atoms with Crippen LogP contribution in [0.2, 0.25) is 0 Å². The zero-order chi connectivity index (χ0) is 11.5. The molecule has 1 heterocycles. The third kappa shape index (κ3) is 2.23. The van der Waals surface area contributed by atoms with Crippen molar-refractivity contribution >= 4 is 17.7 Å². The Bertz CT molecular complexity index is 394. The molecule has 1 aromatic carbocycles. The molecule has 4 heteroatoms. The second-order valence-electron chi connectivity index (χ2n) is 4.00. The molecular formula is C12H16N2OS. The van der Waals surface area contributed by atoms with E-state index in [4.69, 9.17) is 5.73 Å². The summed E-state index contributed by atoms with van der Waals surface area (Å²) in [5.74, 6) is 0.109. The largest absolute Gasteiger partial charge is 0.337 e. The number of amides is 1. The van der Waals surface area contributed by atoms with Crippen molar-refractivity contribution < 1.29 is 4.79 Å². The van der Waals surface area contributed by atoms with Crippen molar-refractivity contribution in [2.24, 2.45) is 5.73 Å². The molecule has 0 spiro atoms. The van der Waals surface area contributed by atoms with Crippen molar-refractivity contribution in [1.82, 2.24) is 4.90 Å². The van der Waals surface area contributed by atoms with E-state index >= 15 is 0 Å². The second kappa shape index (κ2) is 4.89. The van der Waals surface area contributed by atoms with Crippen LogP contribution < -0.4 is 5.73 Å². The van der Waals surface area contributed by atoms with E-state index in [0.29, 0.717) is 6.54 Å². The van der Waals surface area contributed by atoms with Crippen LogP contribution in [0.5, 0.6) is 0 Å². The maximum atomic E-state index is 12.2. The van der Waals surface area contributed by atoms with E-state index in [-0.39, 0.29) is 11.9 Å². The van der Waals surface area contributed by atoms with Crippen molar-refractivity contribution in [2.75, 3.05) is 19.3 Å². The number of benzene rings is 1. The van der Waals surface area contributed by atoms with E-state index in [1.807, 2.05) is 35.4 Å². The predicted molar refractivity (Wildman–Crippen MR) is 66.7 cm³/mol. The molecule has 0 bridgehead atoms. The average Bonchev–Trinajstić information content (AvgIpc) is 2.75. The third-order valence-corrected chi connectivity index (χ3v) is 3.65. The summed E-state index contributed by atoms with van der Waals surface area (Å²) in [7, 11) is 0. The molecule has 1 fully saturated rings. The number of carbonyl (C=O) groups is 1. The Morgan fingerprint density at radius 3 is 2.88 bits per heavy atom. The average molecular weight is 236 g/mol. The summed E-state index contributed by atoms with van der Waals surface area (Å²) in [4.78, 5) is 15.1. The van der Waals surface area contributed by atoms with Crippen LogP contribution in [0, 0.1) is 0 Å². The highest BCUT2D eigenvalue weighted by Crippen LogP contribution is 2.22. The highest BCUT2D eigenvalue weighted by Gasteiger charge is 2.25. The molecule has 2 rings (SSSR count). The molecule has 1 amide bonds. The third-order valence-electron chi connectivity index (χ3n) is 2.85. The number of carbonyl (C=O) groups excluding carboxylic acids is 1.